The second kappa shape index (κ2) is 9.53. The maximum absolute atomic E-state index is 12.3. The van der Waals surface area contributed by atoms with Crippen molar-refractivity contribution >= 4 is 11.6 Å². The zero-order chi connectivity index (χ0) is 19.1. The number of hydrogen-bond acceptors (Lipinski definition) is 4. The molecular formula is C22H28N2O3. The number of para-hydroxylation sites is 2. The number of carbonyl (C=O) groups excluding carboxylic acids is 1. The van der Waals surface area contributed by atoms with Crippen LogP contribution >= 0.6 is 0 Å². The molecule has 1 aliphatic rings. The summed E-state index contributed by atoms with van der Waals surface area (Å²) in [6.45, 7) is 7.90. The van der Waals surface area contributed by atoms with Crippen LogP contribution in [0.5, 0.6) is 5.75 Å². The molecular weight excluding hydrogens is 340 g/mol. The fraction of sp³-hybridized carbons (Fsp3) is 0.409. The Morgan fingerprint density at radius 3 is 2.67 bits per heavy atom. The van der Waals surface area contributed by atoms with Gasteiger partial charge in [-0.25, -0.2) is 0 Å². The number of hydrogen-bond donors (Lipinski definition) is 0. The van der Waals surface area contributed by atoms with Crippen molar-refractivity contribution in [2.75, 3.05) is 37.7 Å². The Bertz CT molecular complexity index is 735. The van der Waals surface area contributed by atoms with E-state index in [0.717, 1.165) is 31.1 Å². The van der Waals surface area contributed by atoms with Crippen LogP contribution < -0.4 is 9.64 Å². The molecule has 1 atom stereocenters. The highest BCUT2D eigenvalue weighted by molar-refractivity contribution is 5.93. The summed E-state index contributed by atoms with van der Waals surface area (Å²) >= 11 is 0. The molecule has 0 radical (unpaired) electrons. The van der Waals surface area contributed by atoms with Crippen molar-refractivity contribution in [3.8, 4) is 5.75 Å². The van der Waals surface area contributed by atoms with Crippen LogP contribution in [0.15, 0.2) is 54.6 Å². The lowest BCUT2D eigenvalue weighted by Crippen LogP contribution is -2.48. The Labute approximate surface area is 161 Å². The van der Waals surface area contributed by atoms with E-state index in [1.165, 1.54) is 5.56 Å². The van der Waals surface area contributed by atoms with Crippen molar-refractivity contribution < 1.29 is 14.3 Å². The van der Waals surface area contributed by atoms with E-state index in [2.05, 4.69) is 29.2 Å². The van der Waals surface area contributed by atoms with Gasteiger partial charge in [-0.15, -0.1) is 0 Å². The van der Waals surface area contributed by atoms with Gasteiger partial charge in [-0.05, 0) is 24.6 Å². The molecule has 5 heteroatoms. The van der Waals surface area contributed by atoms with Crippen LogP contribution in [-0.4, -0.2) is 49.8 Å². The molecule has 1 amide bonds. The molecule has 0 aromatic heterocycles. The number of anilines is 1. The van der Waals surface area contributed by atoms with Gasteiger partial charge in [0, 0.05) is 26.6 Å². The third-order valence-electron chi connectivity index (χ3n) is 4.69. The van der Waals surface area contributed by atoms with Gasteiger partial charge < -0.3 is 14.4 Å². The fourth-order valence-electron chi connectivity index (χ4n) is 3.43. The summed E-state index contributed by atoms with van der Waals surface area (Å²) in [5, 5.41) is 0. The second-order valence-corrected chi connectivity index (χ2v) is 6.74. The van der Waals surface area contributed by atoms with Crippen molar-refractivity contribution in [2.45, 2.75) is 26.5 Å². The Balaban J connectivity index is 1.68. The highest BCUT2D eigenvalue weighted by atomic mass is 16.5. The molecule has 144 valence electrons. The average Bonchev–Trinajstić information content (AvgIpc) is 2.68. The lowest BCUT2D eigenvalue weighted by atomic mass is 10.1. The standard InChI is InChI=1S/C22H28N2O3/c1-3-26-22-12-8-7-11-21(22)24(18(2)25)17-20-16-23(13-14-27-20)15-19-9-5-4-6-10-19/h4-12,20H,3,13-17H2,1-2H3. The maximum atomic E-state index is 12.3. The van der Waals surface area contributed by atoms with E-state index in [1.807, 2.05) is 37.3 Å². The maximum Gasteiger partial charge on any atom is 0.224 e. The SMILES string of the molecule is CCOc1ccccc1N(CC1CN(Cc2ccccc2)CCO1)C(C)=O. The first kappa shape index (κ1) is 19.4. The number of morpholine rings is 1. The Hall–Kier alpha value is -2.37. The van der Waals surface area contributed by atoms with Crippen LogP contribution in [0, 0.1) is 0 Å². The van der Waals surface area contributed by atoms with Gasteiger partial charge in [-0.2, -0.15) is 0 Å². The van der Waals surface area contributed by atoms with Crippen LogP contribution in [0.25, 0.3) is 0 Å². The minimum atomic E-state index is -0.0268. The molecule has 2 aromatic rings. The fourth-order valence-corrected chi connectivity index (χ4v) is 3.43. The molecule has 0 spiro atoms. The van der Waals surface area contributed by atoms with Gasteiger partial charge in [0.15, 0.2) is 0 Å². The molecule has 0 aliphatic carbocycles. The predicted molar refractivity (Wildman–Crippen MR) is 107 cm³/mol. The monoisotopic (exact) mass is 368 g/mol. The minimum Gasteiger partial charge on any atom is -0.492 e. The number of rotatable bonds is 7. The first-order chi connectivity index (χ1) is 13.2. The molecule has 1 unspecified atom stereocenters. The highest BCUT2D eigenvalue weighted by Gasteiger charge is 2.26. The molecule has 0 saturated carbocycles. The largest absolute Gasteiger partial charge is 0.492 e. The third kappa shape index (κ3) is 5.31. The van der Waals surface area contributed by atoms with E-state index < -0.39 is 0 Å². The van der Waals surface area contributed by atoms with Crippen LogP contribution in [0.4, 0.5) is 5.69 Å². The van der Waals surface area contributed by atoms with Crippen molar-refractivity contribution in [2.24, 2.45) is 0 Å². The Morgan fingerprint density at radius 2 is 1.93 bits per heavy atom. The zero-order valence-corrected chi connectivity index (χ0v) is 16.1. The molecule has 1 heterocycles. The third-order valence-corrected chi connectivity index (χ3v) is 4.69. The first-order valence-corrected chi connectivity index (χ1v) is 9.55. The molecule has 2 aromatic carbocycles. The van der Waals surface area contributed by atoms with Crippen molar-refractivity contribution in [3.05, 3.63) is 60.2 Å². The van der Waals surface area contributed by atoms with E-state index in [9.17, 15) is 4.79 Å². The smallest absolute Gasteiger partial charge is 0.224 e. The van der Waals surface area contributed by atoms with E-state index in [0.29, 0.717) is 19.8 Å². The second-order valence-electron chi connectivity index (χ2n) is 6.74. The summed E-state index contributed by atoms with van der Waals surface area (Å²) in [5.74, 6) is 0.720. The lowest BCUT2D eigenvalue weighted by molar-refractivity contribution is -0.117. The van der Waals surface area contributed by atoms with Crippen molar-refractivity contribution in [1.29, 1.82) is 0 Å². The topological polar surface area (TPSA) is 42.0 Å². The quantitative estimate of drug-likeness (QED) is 0.752. The number of carbonyl (C=O) groups is 1. The average molecular weight is 368 g/mol. The molecule has 5 nitrogen and oxygen atoms in total. The summed E-state index contributed by atoms with van der Waals surface area (Å²) in [5.41, 5.74) is 2.10. The van der Waals surface area contributed by atoms with Gasteiger partial charge in [-0.1, -0.05) is 42.5 Å². The van der Waals surface area contributed by atoms with E-state index in [-0.39, 0.29) is 12.0 Å². The van der Waals surface area contributed by atoms with Crippen molar-refractivity contribution in [3.63, 3.8) is 0 Å². The molecule has 1 aliphatic heterocycles. The highest BCUT2D eigenvalue weighted by Crippen LogP contribution is 2.29. The summed E-state index contributed by atoms with van der Waals surface area (Å²) in [6, 6.07) is 18.1. The normalized spacial score (nSPS) is 17.5. The van der Waals surface area contributed by atoms with Crippen LogP contribution in [-0.2, 0) is 16.1 Å². The molecule has 0 bridgehead atoms. The van der Waals surface area contributed by atoms with Crippen LogP contribution in [0.2, 0.25) is 0 Å². The van der Waals surface area contributed by atoms with Gasteiger partial charge in [0.25, 0.3) is 0 Å². The number of amides is 1. The Kier molecular flexibility index (Phi) is 6.85. The van der Waals surface area contributed by atoms with Crippen LogP contribution in [0.1, 0.15) is 19.4 Å². The van der Waals surface area contributed by atoms with Gasteiger partial charge in [0.05, 0.1) is 31.5 Å². The molecule has 27 heavy (non-hydrogen) atoms. The summed E-state index contributed by atoms with van der Waals surface area (Å²) < 4.78 is 11.7. The predicted octanol–water partition coefficient (Wildman–Crippen LogP) is 3.34. The van der Waals surface area contributed by atoms with Crippen LogP contribution in [0.3, 0.4) is 0 Å². The van der Waals surface area contributed by atoms with Gasteiger partial charge in [0.2, 0.25) is 5.91 Å². The summed E-state index contributed by atoms with van der Waals surface area (Å²) in [6.07, 6.45) is -0.0268. The van der Waals surface area contributed by atoms with E-state index in [1.54, 1.807) is 11.8 Å². The van der Waals surface area contributed by atoms with E-state index >= 15 is 0 Å². The number of ether oxygens (including phenoxy) is 2. The molecule has 3 rings (SSSR count). The lowest BCUT2D eigenvalue weighted by Gasteiger charge is -2.36. The Morgan fingerprint density at radius 1 is 1.19 bits per heavy atom. The number of benzene rings is 2. The first-order valence-electron chi connectivity index (χ1n) is 9.55. The van der Waals surface area contributed by atoms with Gasteiger partial charge in [-0.3, -0.25) is 9.69 Å². The van der Waals surface area contributed by atoms with Gasteiger partial charge in [0.1, 0.15) is 5.75 Å². The summed E-state index contributed by atoms with van der Waals surface area (Å²) in [4.78, 5) is 16.5. The molecule has 0 N–H and O–H groups in total. The van der Waals surface area contributed by atoms with E-state index in [4.69, 9.17) is 9.47 Å². The number of nitrogens with zero attached hydrogens (tertiary/aromatic N) is 2. The van der Waals surface area contributed by atoms with Gasteiger partial charge >= 0.3 is 0 Å². The molecule has 1 saturated heterocycles. The van der Waals surface area contributed by atoms with Crippen molar-refractivity contribution in [1.82, 2.24) is 4.90 Å². The minimum absolute atomic E-state index is 0.00839. The molecule has 1 fully saturated rings. The zero-order valence-electron chi connectivity index (χ0n) is 16.1. The summed E-state index contributed by atoms with van der Waals surface area (Å²) in [7, 11) is 0.